The van der Waals surface area contributed by atoms with E-state index in [1.54, 1.807) is 0 Å². The van der Waals surface area contributed by atoms with Crippen molar-refractivity contribution in [3.05, 3.63) is 46.2 Å². The van der Waals surface area contributed by atoms with Gasteiger partial charge in [0.2, 0.25) is 0 Å². The molecule has 1 aromatic carbocycles. The van der Waals surface area contributed by atoms with Crippen LogP contribution in [0.15, 0.2) is 35.1 Å². The molecule has 1 aliphatic heterocycles. The smallest absolute Gasteiger partial charge is 0.163 e. The molecule has 0 spiro atoms. The van der Waals surface area contributed by atoms with Crippen LogP contribution in [0.1, 0.15) is 88.6 Å². The molecule has 3 aliphatic rings. The molecule has 2 heterocycles. The van der Waals surface area contributed by atoms with E-state index >= 15 is 0 Å². The van der Waals surface area contributed by atoms with Gasteiger partial charge in [0.05, 0.1) is 17.4 Å². The monoisotopic (exact) mass is 545 g/mol. The van der Waals surface area contributed by atoms with E-state index in [1.807, 2.05) is 31.8 Å². The maximum Gasteiger partial charge on any atom is 0.163 e. The Morgan fingerprint density at radius 1 is 1.12 bits per heavy atom. The number of nitrogens with zero attached hydrogens (tertiary/aromatic N) is 4. The molecule has 2 aromatic rings. The summed E-state index contributed by atoms with van der Waals surface area (Å²) in [6.07, 6.45) is 11.0. The van der Waals surface area contributed by atoms with Gasteiger partial charge in [0.1, 0.15) is 0 Å². The van der Waals surface area contributed by atoms with Crippen LogP contribution in [-0.2, 0) is 18.3 Å². The van der Waals surface area contributed by atoms with Gasteiger partial charge in [-0.2, -0.15) is 5.10 Å². The predicted molar refractivity (Wildman–Crippen MR) is 163 cm³/mol. The fourth-order valence-electron chi connectivity index (χ4n) is 7.43. The first-order chi connectivity index (χ1) is 19.3. The number of aryl methyl sites for hydroxylation is 1. The first-order valence-corrected chi connectivity index (χ1v) is 15.4. The molecule has 1 N–H and O–H groups in total. The Morgan fingerprint density at radius 3 is 2.50 bits per heavy atom. The lowest BCUT2D eigenvalue weighted by atomic mass is 9.86. The van der Waals surface area contributed by atoms with Crippen LogP contribution in [0.25, 0.3) is 10.9 Å². The third kappa shape index (κ3) is 5.68. The lowest BCUT2D eigenvalue weighted by Crippen LogP contribution is -2.51. The first-order valence-electron chi connectivity index (χ1n) is 15.4. The van der Waals surface area contributed by atoms with Crippen LogP contribution in [0.4, 0.5) is 5.69 Å². The van der Waals surface area contributed by atoms with E-state index in [4.69, 9.17) is 0 Å². The number of ketones is 2. The third-order valence-electron chi connectivity index (χ3n) is 9.51. The normalized spacial score (nSPS) is 22.6. The van der Waals surface area contributed by atoms with E-state index in [0.717, 1.165) is 77.9 Å². The van der Waals surface area contributed by atoms with Crippen LogP contribution < -0.4 is 10.2 Å². The molecule has 0 unspecified atom stereocenters. The number of aromatic nitrogens is 2. The van der Waals surface area contributed by atoms with Gasteiger partial charge < -0.3 is 10.2 Å². The topological polar surface area (TPSA) is 70.5 Å². The SMILES string of the molecule is CCc1c(C(=O)CCC2=C(C)C=C(C)CC2=O)cc2c(cnn2C)c1N(CC)C1CCC(N2CCNCC2)CC1. The zero-order chi connectivity index (χ0) is 28.4. The largest absolute Gasteiger partial charge is 0.368 e. The Labute approximate surface area is 239 Å². The zero-order valence-corrected chi connectivity index (χ0v) is 25.2. The van der Waals surface area contributed by atoms with Crippen molar-refractivity contribution in [2.24, 2.45) is 7.05 Å². The summed E-state index contributed by atoms with van der Waals surface area (Å²) in [5.41, 5.74) is 7.06. The van der Waals surface area contributed by atoms with Crippen molar-refractivity contribution >= 4 is 28.2 Å². The highest BCUT2D eigenvalue weighted by Crippen LogP contribution is 2.39. The summed E-state index contributed by atoms with van der Waals surface area (Å²) in [7, 11) is 1.96. The van der Waals surface area contributed by atoms with E-state index in [0.29, 0.717) is 31.3 Å². The van der Waals surface area contributed by atoms with Gasteiger partial charge >= 0.3 is 0 Å². The Hall–Kier alpha value is -2.77. The van der Waals surface area contributed by atoms with Gasteiger partial charge in [-0.05, 0) is 82.1 Å². The molecule has 2 aliphatic carbocycles. The Bertz CT molecular complexity index is 1320. The number of allylic oxidation sites excluding steroid dienone is 4. The van der Waals surface area contributed by atoms with E-state index < -0.39 is 0 Å². The molecular formula is C33H47N5O2. The van der Waals surface area contributed by atoms with Gasteiger partial charge in [-0.1, -0.05) is 18.6 Å². The van der Waals surface area contributed by atoms with Gasteiger partial charge in [-0.15, -0.1) is 0 Å². The summed E-state index contributed by atoms with van der Waals surface area (Å²) >= 11 is 0. The minimum atomic E-state index is 0.124. The molecule has 5 rings (SSSR count). The number of anilines is 1. The average molecular weight is 546 g/mol. The number of Topliss-reactive ketones (excluding diaryl/α,β-unsaturated/α-hetero) is 2. The van der Waals surface area contributed by atoms with Crippen LogP contribution in [0, 0.1) is 0 Å². The van der Waals surface area contributed by atoms with Crippen molar-refractivity contribution in [2.75, 3.05) is 37.6 Å². The molecule has 1 aromatic heterocycles. The number of fused-ring (bicyclic) bond motifs is 1. The van der Waals surface area contributed by atoms with Gasteiger partial charge in [-0.25, -0.2) is 0 Å². The van der Waals surface area contributed by atoms with E-state index in [1.165, 1.54) is 31.4 Å². The van der Waals surface area contributed by atoms with Crippen molar-refractivity contribution in [1.82, 2.24) is 20.0 Å². The van der Waals surface area contributed by atoms with Crippen LogP contribution in [0.3, 0.4) is 0 Å². The Balaban J connectivity index is 1.43. The summed E-state index contributed by atoms with van der Waals surface area (Å²) in [6, 6.07) is 3.20. The van der Waals surface area contributed by atoms with Crippen molar-refractivity contribution < 1.29 is 9.59 Å². The van der Waals surface area contributed by atoms with Crippen LogP contribution in [0.5, 0.6) is 0 Å². The molecule has 2 fully saturated rings. The molecule has 1 saturated carbocycles. The molecule has 0 radical (unpaired) electrons. The number of hydrogen-bond donors (Lipinski definition) is 1. The van der Waals surface area contributed by atoms with E-state index in [9.17, 15) is 9.59 Å². The number of carbonyl (C=O) groups is 2. The molecule has 216 valence electrons. The maximum atomic E-state index is 13.9. The summed E-state index contributed by atoms with van der Waals surface area (Å²) in [6.45, 7) is 13.8. The minimum Gasteiger partial charge on any atom is -0.368 e. The number of rotatable bonds is 9. The lowest BCUT2D eigenvalue weighted by Gasteiger charge is -2.43. The molecule has 0 atom stereocenters. The van der Waals surface area contributed by atoms with Crippen LogP contribution in [-0.4, -0.2) is 71.1 Å². The van der Waals surface area contributed by atoms with Crippen LogP contribution >= 0.6 is 0 Å². The molecule has 0 bridgehead atoms. The van der Waals surface area contributed by atoms with Gasteiger partial charge in [0.25, 0.3) is 0 Å². The molecular weight excluding hydrogens is 498 g/mol. The second kappa shape index (κ2) is 12.4. The number of piperazine rings is 1. The van der Waals surface area contributed by atoms with Gasteiger partial charge in [-0.3, -0.25) is 19.2 Å². The highest BCUT2D eigenvalue weighted by Gasteiger charge is 2.32. The second-order valence-corrected chi connectivity index (χ2v) is 12.0. The standard InChI is InChI=1S/C33H47N5O2/c1-6-26-28(31(39)13-12-27-23(4)18-22(3)19-32(27)40)20-30-29(21-35-36(30)5)33(26)38(7-2)25-10-8-24(9-11-25)37-16-14-34-15-17-37/h18,20-21,24-25,34H,6-17,19H2,1-5H3. The van der Waals surface area contributed by atoms with Crippen molar-refractivity contribution in [3.8, 4) is 0 Å². The predicted octanol–water partition coefficient (Wildman–Crippen LogP) is 5.38. The van der Waals surface area contributed by atoms with E-state index in [2.05, 4.69) is 46.2 Å². The number of hydrogen-bond acceptors (Lipinski definition) is 6. The zero-order valence-electron chi connectivity index (χ0n) is 25.2. The summed E-state index contributed by atoms with van der Waals surface area (Å²) in [5, 5.41) is 9.25. The average Bonchev–Trinajstić information content (AvgIpc) is 3.33. The highest BCUT2D eigenvalue weighted by atomic mass is 16.1. The lowest BCUT2D eigenvalue weighted by molar-refractivity contribution is -0.115. The van der Waals surface area contributed by atoms with E-state index in [-0.39, 0.29) is 11.6 Å². The Kier molecular flexibility index (Phi) is 8.91. The molecule has 1 saturated heterocycles. The van der Waals surface area contributed by atoms with Crippen molar-refractivity contribution in [3.63, 3.8) is 0 Å². The second-order valence-electron chi connectivity index (χ2n) is 12.0. The van der Waals surface area contributed by atoms with Crippen molar-refractivity contribution in [2.45, 2.75) is 91.1 Å². The van der Waals surface area contributed by atoms with Crippen LogP contribution in [0.2, 0.25) is 0 Å². The third-order valence-corrected chi connectivity index (χ3v) is 9.51. The van der Waals surface area contributed by atoms with Gasteiger partial charge in [0, 0.05) is 75.6 Å². The van der Waals surface area contributed by atoms with Crippen molar-refractivity contribution in [1.29, 1.82) is 0 Å². The fourth-order valence-corrected chi connectivity index (χ4v) is 7.43. The first kappa shape index (κ1) is 28.7. The fraction of sp³-hybridized carbons (Fsp3) is 0.606. The molecule has 0 amide bonds. The Morgan fingerprint density at radius 2 is 1.85 bits per heavy atom. The molecule has 40 heavy (non-hydrogen) atoms. The summed E-state index contributed by atoms with van der Waals surface area (Å²) < 4.78 is 1.90. The number of carbonyl (C=O) groups excluding carboxylic acids is 2. The van der Waals surface area contributed by atoms with Gasteiger partial charge in [0.15, 0.2) is 11.6 Å². The number of benzene rings is 1. The molecule has 7 nitrogen and oxygen atoms in total. The minimum absolute atomic E-state index is 0.124. The maximum absolute atomic E-state index is 13.9. The highest BCUT2D eigenvalue weighted by molar-refractivity contribution is 6.07. The molecule has 7 heteroatoms. The summed E-state index contributed by atoms with van der Waals surface area (Å²) in [4.78, 5) is 31.9. The quantitative estimate of drug-likeness (QED) is 0.427. The summed E-state index contributed by atoms with van der Waals surface area (Å²) in [5.74, 6) is 0.288. The number of nitrogens with one attached hydrogen (secondary N) is 1.